The Labute approximate surface area is 176 Å². The van der Waals surface area contributed by atoms with Crippen molar-refractivity contribution in [3.63, 3.8) is 0 Å². The second-order valence-corrected chi connectivity index (χ2v) is 7.17. The zero-order valence-corrected chi connectivity index (χ0v) is 16.6. The Morgan fingerprint density at radius 2 is 1.93 bits per heavy atom. The van der Waals surface area contributed by atoms with Crippen molar-refractivity contribution in [2.45, 2.75) is 19.6 Å². The molecule has 1 aromatic carbocycles. The fraction of sp³-hybridized carbons (Fsp3) is 0.150. The molecule has 0 aliphatic carbocycles. The second kappa shape index (κ2) is 7.96. The summed E-state index contributed by atoms with van der Waals surface area (Å²) in [5, 5.41) is 12.4. The van der Waals surface area contributed by atoms with Crippen LogP contribution >= 0.6 is 11.6 Å². The van der Waals surface area contributed by atoms with Crippen LogP contribution in [0.1, 0.15) is 17.0 Å². The summed E-state index contributed by atoms with van der Waals surface area (Å²) in [7, 11) is 0. The first-order chi connectivity index (χ1) is 14.7. The highest BCUT2D eigenvalue weighted by molar-refractivity contribution is 6.30. The Balaban J connectivity index is 1.31. The number of fused-ring (bicyclic) bond motifs is 1. The van der Waals surface area contributed by atoms with Gasteiger partial charge in [0.15, 0.2) is 11.5 Å². The van der Waals surface area contributed by atoms with Crippen LogP contribution in [0.15, 0.2) is 65.9 Å². The number of imidazole rings is 1. The van der Waals surface area contributed by atoms with E-state index in [-0.39, 0.29) is 0 Å². The third kappa shape index (κ3) is 3.87. The predicted octanol–water partition coefficient (Wildman–Crippen LogP) is 3.37. The molecule has 0 spiro atoms. The van der Waals surface area contributed by atoms with Crippen LogP contribution in [0, 0.1) is 0 Å². The number of hydrogen-bond acceptors (Lipinski definition) is 7. The Bertz CT molecular complexity index is 1260. The van der Waals surface area contributed by atoms with Gasteiger partial charge < -0.3 is 14.3 Å². The summed E-state index contributed by atoms with van der Waals surface area (Å²) < 4.78 is 9.06. The van der Waals surface area contributed by atoms with Crippen molar-refractivity contribution in [1.29, 1.82) is 0 Å². The van der Waals surface area contributed by atoms with Crippen LogP contribution < -0.4 is 5.32 Å². The molecular weight excluding hydrogens is 404 g/mol. The molecule has 0 bridgehead atoms. The first kappa shape index (κ1) is 18.3. The van der Waals surface area contributed by atoms with Crippen LogP contribution in [0.5, 0.6) is 0 Å². The standard InChI is InChI=1S/C20H17ClN8O/c21-15-5-3-14(4-6-15)9-29-11-16(26-27-29)10-28-13-25-18-19(23-12-24-20(18)28)22-8-17-2-1-7-30-17/h1-7,11-13H,8-10H2,(H,22,23,24). The van der Waals surface area contributed by atoms with Crippen LogP contribution in [0.25, 0.3) is 11.2 Å². The highest BCUT2D eigenvalue weighted by Gasteiger charge is 2.12. The maximum atomic E-state index is 5.94. The Morgan fingerprint density at radius 1 is 1.03 bits per heavy atom. The largest absolute Gasteiger partial charge is 0.467 e. The lowest BCUT2D eigenvalue weighted by molar-refractivity contribution is 0.518. The minimum Gasteiger partial charge on any atom is -0.467 e. The molecule has 0 radical (unpaired) electrons. The van der Waals surface area contributed by atoms with Crippen molar-refractivity contribution >= 4 is 28.6 Å². The summed E-state index contributed by atoms with van der Waals surface area (Å²) in [4.78, 5) is 13.2. The van der Waals surface area contributed by atoms with Crippen molar-refractivity contribution in [3.8, 4) is 0 Å². The minimum atomic E-state index is 0.506. The molecule has 0 atom stereocenters. The predicted molar refractivity (Wildman–Crippen MR) is 111 cm³/mol. The van der Waals surface area contributed by atoms with E-state index in [2.05, 4.69) is 30.6 Å². The normalized spacial score (nSPS) is 11.2. The van der Waals surface area contributed by atoms with Gasteiger partial charge in [-0.25, -0.2) is 19.6 Å². The first-order valence-corrected chi connectivity index (χ1v) is 9.68. The van der Waals surface area contributed by atoms with E-state index in [9.17, 15) is 0 Å². The van der Waals surface area contributed by atoms with Crippen LogP contribution in [-0.2, 0) is 19.6 Å². The van der Waals surface area contributed by atoms with Gasteiger partial charge in [-0.05, 0) is 29.8 Å². The molecule has 0 aliphatic heterocycles. The molecule has 5 rings (SSSR count). The number of rotatable bonds is 7. The van der Waals surface area contributed by atoms with Crippen molar-refractivity contribution in [2.24, 2.45) is 0 Å². The Kier molecular flexibility index (Phi) is 4.86. The third-order valence-corrected chi connectivity index (χ3v) is 4.84. The average Bonchev–Trinajstić information content (AvgIpc) is 3.51. The van der Waals surface area contributed by atoms with E-state index in [1.165, 1.54) is 6.33 Å². The number of furan rings is 1. The highest BCUT2D eigenvalue weighted by atomic mass is 35.5. The Morgan fingerprint density at radius 3 is 2.77 bits per heavy atom. The molecule has 0 unspecified atom stereocenters. The van der Waals surface area contributed by atoms with E-state index in [1.807, 2.05) is 47.2 Å². The monoisotopic (exact) mass is 420 g/mol. The van der Waals surface area contributed by atoms with Crippen LogP contribution in [-0.4, -0.2) is 34.5 Å². The van der Waals surface area contributed by atoms with Gasteiger partial charge in [-0.1, -0.05) is 28.9 Å². The molecule has 0 aliphatic rings. The smallest absolute Gasteiger partial charge is 0.165 e. The Hall–Kier alpha value is -3.72. The molecule has 150 valence electrons. The van der Waals surface area contributed by atoms with Crippen LogP contribution in [0.3, 0.4) is 0 Å². The van der Waals surface area contributed by atoms with Crippen molar-refractivity contribution in [2.75, 3.05) is 5.32 Å². The molecule has 1 N–H and O–H groups in total. The number of hydrogen-bond donors (Lipinski definition) is 1. The molecule has 4 aromatic heterocycles. The molecular formula is C20H17ClN8O. The fourth-order valence-electron chi connectivity index (χ4n) is 3.15. The molecule has 0 saturated heterocycles. The molecule has 10 heteroatoms. The number of nitrogens with one attached hydrogen (secondary N) is 1. The van der Waals surface area contributed by atoms with Gasteiger partial charge >= 0.3 is 0 Å². The van der Waals surface area contributed by atoms with Gasteiger partial charge in [-0.15, -0.1) is 5.10 Å². The van der Waals surface area contributed by atoms with E-state index in [4.69, 9.17) is 16.0 Å². The number of halogens is 1. The molecule has 9 nitrogen and oxygen atoms in total. The van der Waals surface area contributed by atoms with Crippen molar-refractivity contribution in [1.82, 2.24) is 34.5 Å². The van der Waals surface area contributed by atoms with Gasteiger partial charge in [0.25, 0.3) is 0 Å². The first-order valence-electron chi connectivity index (χ1n) is 9.30. The lowest BCUT2D eigenvalue weighted by Gasteiger charge is -2.04. The minimum absolute atomic E-state index is 0.506. The van der Waals surface area contributed by atoms with Crippen LogP contribution in [0.4, 0.5) is 5.82 Å². The molecule has 0 saturated carbocycles. The molecule has 0 amide bonds. The van der Waals surface area contributed by atoms with E-state index in [0.29, 0.717) is 36.0 Å². The maximum Gasteiger partial charge on any atom is 0.165 e. The van der Waals surface area contributed by atoms with Gasteiger partial charge in [-0.2, -0.15) is 0 Å². The lowest BCUT2D eigenvalue weighted by atomic mass is 10.2. The summed E-state index contributed by atoms with van der Waals surface area (Å²) >= 11 is 5.94. The quantitative estimate of drug-likeness (QED) is 0.431. The van der Waals surface area contributed by atoms with Gasteiger partial charge in [-0.3, -0.25) is 0 Å². The van der Waals surface area contributed by atoms with E-state index in [0.717, 1.165) is 22.7 Å². The molecule has 0 fully saturated rings. The topological polar surface area (TPSA) is 99.5 Å². The number of nitrogens with zero attached hydrogens (tertiary/aromatic N) is 7. The molecule has 5 aromatic rings. The van der Waals surface area contributed by atoms with Gasteiger partial charge in [0.2, 0.25) is 0 Å². The highest BCUT2D eigenvalue weighted by Crippen LogP contribution is 2.19. The summed E-state index contributed by atoms with van der Waals surface area (Å²) in [6, 6.07) is 11.4. The zero-order valence-electron chi connectivity index (χ0n) is 15.8. The van der Waals surface area contributed by atoms with Crippen LogP contribution in [0.2, 0.25) is 5.02 Å². The van der Waals surface area contributed by atoms with E-state index < -0.39 is 0 Å². The molecule has 30 heavy (non-hydrogen) atoms. The zero-order chi connectivity index (χ0) is 20.3. The summed E-state index contributed by atoms with van der Waals surface area (Å²) in [5.74, 6) is 1.47. The number of benzene rings is 1. The van der Waals surface area contributed by atoms with Crippen molar-refractivity contribution < 1.29 is 4.42 Å². The van der Waals surface area contributed by atoms with E-state index in [1.54, 1.807) is 17.3 Å². The molecule has 4 heterocycles. The maximum absolute atomic E-state index is 5.94. The van der Waals surface area contributed by atoms with Crippen molar-refractivity contribution in [3.05, 3.63) is 83.6 Å². The van der Waals surface area contributed by atoms with Gasteiger partial charge in [0, 0.05) is 5.02 Å². The number of anilines is 1. The fourth-order valence-corrected chi connectivity index (χ4v) is 3.28. The lowest BCUT2D eigenvalue weighted by Crippen LogP contribution is -2.03. The van der Waals surface area contributed by atoms with Gasteiger partial charge in [0.05, 0.1) is 38.4 Å². The van der Waals surface area contributed by atoms with E-state index >= 15 is 0 Å². The average molecular weight is 421 g/mol. The number of aromatic nitrogens is 7. The summed E-state index contributed by atoms with van der Waals surface area (Å²) in [6.07, 6.45) is 6.80. The summed E-state index contributed by atoms with van der Waals surface area (Å²) in [5.41, 5.74) is 3.33. The third-order valence-electron chi connectivity index (χ3n) is 4.59. The summed E-state index contributed by atoms with van der Waals surface area (Å²) in [6.45, 7) is 1.65. The van der Waals surface area contributed by atoms with Gasteiger partial charge in [0.1, 0.15) is 23.3 Å². The second-order valence-electron chi connectivity index (χ2n) is 6.73. The SMILES string of the molecule is Clc1ccc(Cn2cc(Cn3cnc4c(NCc5ccco5)ncnc43)nn2)cc1.